The first-order valence-corrected chi connectivity index (χ1v) is 13.1. The zero-order valence-corrected chi connectivity index (χ0v) is 19.7. The quantitative estimate of drug-likeness (QED) is 0.614. The van der Waals surface area contributed by atoms with E-state index < -0.39 is 0 Å². The fourth-order valence-electron chi connectivity index (χ4n) is 6.09. The Kier molecular flexibility index (Phi) is 7.02. The highest BCUT2D eigenvalue weighted by Gasteiger charge is 2.35. The van der Waals surface area contributed by atoms with Gasteiger partial charge in [-0.15, -0.1) is 0 Å². The first kappa shape index (κ1) is 22.2. The Morgan fingerprint density at radius 3 is 2.62 bits per heavy atom. The van der Waals surface area contributed by atoms with Gasteiger partial charge >= 0.3 is 0 Å². The minimum absolute atomic E-state index is 0.0209. The SMILES string of the molecule is CC(NC(=O)c1cnn(CCN2CCNCC2)c1OCC1CC1)C1CC2CCCC(C2)C1. The number of ether oxygens (including phenoxy) is 1. The van der Waals surface area contributed by atoms with Gasteiger partial charge < -0.3 is 15.4 Å². The number of piperazine rings is 1. The van der Waals surface area contributed by atoms with Gasteiger partial charge in [0.15, 0.2) is 0 Å². The molecule has 0 aromatic carbocycles. The summed E-state index contributed by atoms with van der Waals surface area (Å²) in [6, 6.07) is 0.200. The lowest BCUT2D eigenvalue weighted by molar-refractivity contribution is 0.0849. The van der Waals surface area contributed by atoms with E-state index in [-0.39, 0.29) is 11.9 Å². The average Bonchev–Trinajstić information content (AvgIpc) is 3.54. The van der Waals surface area contributed by atoms with Gasteiger partial charge in [0.25, 0.3) is 5.91 Å². The number of nitrogens with zero attached hydrogens (tertiary/aromatic N) is 3. The number of carbonyl (C=O) groups excluding carboxylic acids is 1. The number of amides is 1. The Labute approximate surface area is 192 Å². The van der Waals surface area contributed by atoms with Gasteiger partial charge in [0.05, 0.1) is 19.3 Å². The molecule has 4 fully saturated rings. The summed E-state index contributed by atoms with van der Waals surface area (Å²) >= 11 is 0. The van der Waals surface area contributed by atoms with Crippen molar-refractivity contribution in [3.05, 3.63) is 11.8 Å². The van der Waals surface area contributed by atoms with Crippen LogP contribution in [0.25, 0.3) is 0 Å². The van der Waals surface area contributed by atoms with E-state index in [1.165, 1.54) is 51.4 Å². The van der Waals surface area contributed by atoms with E-state index in [1.54, 1.807) is 6.20 Å². The van der Waals surface area contributed by atoms with E-state index >= 15 is 0 Å². The second-order valence-electron chi connectivity index (χ2n) is 10.8. The van der Waals surface area contributed by atoms with Crippen molar-refractivity contribution >= 4 is 5.91 Å². The van der Waals surface area contributed by atoms with Crippen molar-refractivity contribution in [2.24, 2.45) is 23.7 Å². The molecule has 1 aromatic rings. The lowest BCUT2D eigenvalue weighted by Crippen LogP contribution is -2.44. The predicted octanol–water partition coefficient (Wildman–Crippen LogP) is 2.91. The number of fused-ring (bicyclic) bond motifs is 2. The first-order valence-electron chi connectivity index (χ1n) is 13.1. The number of carbonyl (C=O) groups is 1. The van der Waals surface area contributed by atoms with Crippen LogP contribution >= 0.6 is 0 Å². The summed E-state index contributed by atoms with van der Waals surface area (Å²) in [5.74, 6) is 3.63. The Hall–Kier alpha value is -1.60. The molecule has 32 heavy (non-hydrogen) atoms. The molecule has 1 aromatic heterocycles. The highest BCUT2D eigenvalue weighted by molar-refractivity contribution is 5.96. The highest BCUT2D eigenvalue weighted by atomic mass is 16.5. The minimum atomic E-state index is -0.0209. The molecule has 0 radical (unpaired) electrons. The van der Waals surface area contributed by atoms with E-state index in [0.29, 0.717) is 29.9 Å². The molecule has 3 saturated carbocycles. The molecular formula is C25H41N5O2. The van der Waals surface area contributed by atoms with E-state index in [4.69, 9.17) is 4.74 Å². The van der Waals surface area contributed by atoms with E-state index in [9.17, 15) is 4.79 Å². The van der Waals surface area contributed by atoms with Gasteiger partial charge in [0, 0.05) is 38.8 Å². The smallest absolute Gasteiger partial charge is 0.258 e. The van der Waals surface area contributed by atoms with Crippen LogP contribution in [-0.4, -0.2) is 66.0 Å². The van der Waals surface area contributed by atoms with Crippen LogP contribution in [0.4, 0.5) is 0 Å². The molecule has 0 spiro atoms. The Balaban J connectivity index is 1.22. The number of aromatic nitrogens is 2. The maximum atomic E-state index is 13.3. The molecule has 1 aliphatic heterocycles. The predicted molar refractivity (Wildman–Crippen MR) is 125 cm³/mol. The van der Waals surface area contributed by atoms with Gasteiger partial charge in [-0.2, -0.15) is 5.10 Å². The van der Waals surface area contributed by atoms with Gasteiger partial charge in [-0.25, -0.2) is 4.68 Å². The summed E-state index contributed by atoms with van der Waals surface area (Å²) in [5, 5.41) is 11.3. The highest BCUT2D eigenvalue weighted by Crippen LogP contribution is 2.43. The van der Waals surface area contributed by atoms with Gasteiger partial charge in [0.1, 0.15) is 5.56 Å². The van der Waals surface area contributed by atoms with Crippen molar-refractivity contribution in [2.75, 3.05) is 39.3 Å². The molecule has 3 unspecified atom stereocenters. The zero-order valence-electron chi connectivity index (χ0n) is 19.7. The molecule has 3 atom stereocenters. The summed E-state index contributed by atoms with van der Waals surface area (Å²) < 4.78 is 8.10. The molecule has 5 rings (SSSR count). The molecule has 4 aliphatic rings. The van der Waals surface area contributed by atoms with Crippen molar-refractivity contribution < 1.29 is 9.53 Å². The molecule has 3 aliphatic carbocycles. The number of nitrogens with one attached hydrogen (secondary N) is 2. The normalized spacial score (nSPS) is 29.5. The van der Waals surface area contributed by atoms with Gasteiger partial charge in [-0.3, -0.25) is 9.69 Å². The number of hydrogen-bond donors (Lipinski definition) is 2. The van der Waals surface area contributed by atoms with E-state index in [0.717, 1.165) is 51.1 Å². The van der Waals surface area contributed by atoms with Crippen molar-refractivity contribution in [1.29, 1.82) is 0 Å². The molecule has 7 heteroatoms. The van der Waals surface area contributed by atoms with Gasteiger partial charge in [-0.05, 0) is 62.7 Å². The molecule has 2 heterocycles. The fourth-order valence-corrected chi connectivity index (χ4v) is 6.09. The summed E-state index contributed by atoms with van der Waals surface area (Å²) in [6.07, 6.45) is 12.3. The summed E-state index contributed by atoms with van der Waals surface area (Å²) in [7, 11) is 0. The van der Waals surface area contributed by atoms with Gasteiger partial charge in [0.2, 0.25) is 5.88 Å². The lowest BCUT2D eigenvalue weighted by atomic mass is 9.66. The summed E-state index contributed by atoms with van der Waals surface area (Å²) in [6.45, 7) is 8.79. The molecule has 2 N–H and O–H groups in total. The molecule has 178 valence electrons. The monoisotopic (exact) mass is 443 g/mol. The van der Waals surface area contributed by atoms with Crippen molar-refractivity contribution in [3.8, 4) is 5.88 Å². The van der Waals surface area contributed by atoms with Crippen LogP contribution < -0.4 is 15.4 Å². The molecule has 7 nitrogen and oxygen atoms in total. The third kappa shape index (κ3) is 5.48. The minimum Gasteiger partial charge on any atom is -0.477 e. The van der Waals surface area contributed by atoms with Crippen molar-refractivity contribution in [1.82, 2.24) is 25.3 Å². The zero-order chi connectivity index (χ0) is 21.9. The largest absolute Gasteiger partial charge is 0.477 e. The van der Waals surface area contributed by atoms with Crippen LogP contribution in [0.15, 0.2) is 6.20 Å². The van der Waals surface area contributed by atoms with Crippen molar-refractivity contribution in [2.45, 2.75) is 70.9 Å². The second-order valence-corrected chi connectivity index (χ2v) is 10.8. The van der Waals surface area contributed by atoms with Crippen molar-refractivity contribution in [3.63, 3.8) is 0 Å². The maximum Gasteiger partial charge on any atom is 0.258 e. The molecular weight excluding hydrogens is 402 g/mol. The molecule has 2 bridgehead atoms. The standard InChI is InChI=1S/C25H41N5O2/c1-18(22-14-20-3-2-4-21(13-20)15-22)28-24(31)23-16-27-30(25(23)32-17-19-5-6-19)12-11-29-9-7-26-8-10-29/h16,18-22,26H,2-15,17H2,1H3,(H,28,31). The molecule has 1 saturated heterocycles. The van der Waals surface area contributed by atoms with Crippen LogP contribution in [-0.2, 0) is 6.54 Å². The third-order valence-corrected chi connectivity index (χ3v) is 8.26. The van der Waals surface area contributed by atoms with Gasteiger partial charge in [-0.1, -0.05) is 19.3 Å². The third-order valence-electron chi connectivity index (χ3n) is 8.26. The van der Waals surface area contributed by atoms with E-state index in [2.05, 4.69) is 27.6 Å². The second kappa shape index (κ2) is 10.1. The maximum absolute atomic E-state index is 13.3. The van der Waals surface area contributed by atoms with Crippen LogP contribution in [0, 0.1) is 23.7 Å². The Morgan fingerprint density at radius 2 is 1.91 bits per heavy atom. The lowest BCUT2D eigenvalue weighted by Gasteiger charge is -2.41. The Bertz CT molecular complexity index is 758. The molecule has 1 amide bonds. The van der Waals surface area contributed by atoms with Crippen LogP contribution in [0.2, 0.25) is 0 Å². The number of hydrogen-bond acceptors (Lipinski definition) is 5. The Morgan fingerprint density at radius 1 is 1.16 bits per heavy atom. The number of rotatable bonds is 9. The topological polar surface area (TPSA) is 71.4 Å². The van der Waals surface area contributed by atoms with Crippen LogP contribution in [0.1, 0.15) is 68.6 Å². The summed E-state index contributed by atoms with van der Waals surface area (Å²) in [4.78, 5) is 15.7. The fraction of sp³-hybridized carbons (Fsp3) is 0.840. The summed E-state index contributed by atoms with van der Waals surface area (Å²) in [5.41, 5.74) is 0.605. The van der Waals surface area contributed by atoms with E-state index in [1.807, 2.05) is 4.68 Å². The van der Waals surface area contributed by atoms with Crippen LogP contribution in [0.5, 0.6) is 5.88 Å². The first-order chi connectivity index (χ1) is 15.7. The average molecular weight is 444 g/mol. The van der Waals surface area contributed by atoms with Crippen LogP contribution in [0.3, 0.4) is 0 Å².